The van der Waals surface area contributed by atoms with Crippen LogP contribution in [-0.2, 0) is 6.54 Å². The molecule has 3 nitrogen and oxygen atoms in total. The van der Waals surface area contributed by atoms with E-state index in [1.807, 2.05) is 6.07 Å². The highest BCUT2D eigenvalue weighted by atomic mass is 16.3. The summed E-state index contributed by atoms with van der Waals surface area (Å²) in [5, 5.41) is 12.7. The van der Waals surface area contributed by atoms with Crippen LogP contribution in [0.4, 0.5) is 5.69 Å². The van der Waals surface area contributed by atoms with Gasteiger partial charge < -0.3 is 15.3 Å². The Bertz CT molecular complexity index is 348. The molecule has 0 fully saturated rings. The fraction of sp³-hybridized carbons (Fsp3) is 0.571. The van der Waals surface area contributed by atoms with Gasteiger partial charge in [0.1, 0.15) is 0 Å². The molecule has 17 heavy (non-hydrogen) atoms. The monoisotopic (exact) mass is 236 g/mol. The van der Waals surface area contributed by atoms with Crippen LogP contribution in [0.2, 0.25) is 0 Å². The van der Waals surface area contributed by atoms with Crippen LogP contribution in [0.5, 0.6) is 0 Å². The Balaban J connectivity index is 2.70. The number of nitrogens with one attached hydrogen (secondary N) is 1. The Morgan fingerprint density at radius 1 is 1.24 bits per heavy atom. The molecule has 1 aromatic carbocycles. The minimum atomic E-state index is -0.0920. The number of benzene rings is 1. The molecule has 0 atom stereocenters. The van der Waals surface area contributed by atoms with Gasteiger partial charge in [-0.05, 0) is 25.7 Å². The second kappa shape index (κ2) is 6.03. The first-order valence-electron chi connectivity index (χ1n) is 6.02. The number of anilines is 1. The van der Waals surface area contributed by atoms with E-state index in [0.29, 0.717) is 0 Å². The Morgan fingerprint density at radius 3 is 2.47 bits per heavy atom. The molecule has 1 rings (SSSR count). The minimum absolute atomic E-state index is 0.0920. The van der Waals surface area contributed by atoms with Gasteiger partial charge in [-0.25, -0.2) is 0 Å². The van der Waals surface area contributed by atoms with E-state index < -0.39 is 0 Å². The number of hydrogen-bond acceptors (Lipinski definition) is 3. The minimum Gasteiger partial charge on any atom is -0.396 e. The first kappa shape index (κ1) is 14.0. The number of rotatable bonds is 6. The van der Waals surface area contributed by atoms with Crippen molar-refractivity contribution in [1.29, 1.82) is 0 Å². The number of aliphatic hydroxyl groups excluding tert-OH is 1. The van der Waals surface area contributed by atoms with Crippen LogP contribution >= 0.6 is 0 Å². The van der Waals surface area contributed by atoms with Crippen LogP contribution < -0.4 is 5.32 Å². The van der Waals surface area contributed by atoms with Crippen molar-refractivity contribution in [3.63, 3.8) is 0 Å². The third kappa shape index (κ3) is 4.75. The molecule has 0 bridgehead atoms. The second-order valence-corrected chi connectivity index (χ2v) is 5.57. The van der Waals surface area contributed by atoms with E-state index in [1.54, 1.807) is 0 Å². The average Bonchev–Trinajstić information content (AvgIpc) is 2.27. The number of hydrogen-bond donors (Lipinski definition) is 2. The van der Waals surface area contributed by atoms with Gasteiger partial charge in [-0.15, -0.1) is 0 Å². The fourth-order valence-corrected chi connectivity index (χ4v) is 1.56. The fourth-order valence-electron chi connectivity index (χ4n) is 1.56. The molecule has 1 aromatic rings. The molecule has 0 aliphatic carbocycles. The zero-order valence-corrected chi connectivity index (χ0v) is 11.3. The maximum Gasteiger partial charge on any atom is 0.0498 e. The lowest BCUT2D eigenvalue weighted by molar-refractivity contribution is 0.171. The third-order valence-corrected chi connectivity index (χ3v) is 2.69. The summed E-state index contributed by atoms with van der Waals surface area (Å²) in [6, 6.07) is 8.31. The van der Waals surface area contributed by atoms with Crippen LogP contribution in [-0.4, -0.2) is 37.3 Å². The molecule has 0 saturated heterocycles. The summed E-state index contributed by atoms with van der Waals surface area (Å²) in [5.41, 5.74) is 2.35. The topological polar surface area (TPSA) is 35.5 Å². The number of para-hydroxylation sites is 1. The summed E-state index contributed by atoms with van der Waals surface area (Å²) >= 11 is 0. The predicted molar refractivity (Wildman–Crippen MR) is 73.2 cm³/mol. The largest absolute Gasteiger partial charge is 0.396 e. The van der Waals surface area contributed by atoms with E-state index in [-0.39, 0.29) is 12.0 Å². The van der Waals surface area contributed by atoms with Crippen LogP contribution in [0.25, 0.3) is 0 Å². The molecule has 0 aromatic heterocycles. The summed E-state index contributed by atoms with van der Waals surface area (Å²) in [6.07, 6.45) is 0. The molecule has 3 heteroatoms. The smallest absolute Gasteiger partial charge is 0.0498 e. The molecular formula is C14H24N2O. The zero-order valence-electron chi connectivity index (χ0n) is 11.3. The van der Waals surface area contributed by atoms with Crippen LogP contribution in [0.3, 0.4) is 0 Å². The Hall–Kier alpha value is -1.06. The highest BCUT2D eigenvalue weighted by molar-refractivity contribution is 5.51. The van der Waals surface area contributed by atoms with Crippen molar-refractivity contribution in [2.75, 3.05) is 32.6 Å². The van der Waals surface area contributed by atoms with E-state index in [2.05, 4.69) is 56.4 Å². The summed E-state index contributed by atoms with van der Waals surface area (Å²) in [6.45, 7) is 5.98. The lowest BCUT2D eigenvalue weighted by Gasteiger charge is -2.24. The van der Waals surface area contributed by atoms with E-state index in [9.17, 15) is 5.11 Å². The molecule has 0 aliphatic rings. The summed E-state index contributed by atoms with van der Waals surface area (Å²) < 4.78 is 0. The van der Waals surface area contributed by atoms with Crippen LogP contribution in [0.1, 0.15) is 19.4 Å². The van der Waals surface area contributed by atoms with Gasteiger partial charge in [0.25, 0.3) is 0 Å². The second-order valence-electron chi connectivity index (χ2n) is 5.57. The summed E-state index contributed by atoms with van der Waals surface area (Å²) in [4.78, 5) is 2.15. The first-order chi connectivity index (χ1) is 7.94. The van der Waals surface area contributed by atoms with Crippen molar-refractivity contribution in [2.24, 2.45) is 5.41 Å². The maximum absolute atomic E-state index is 9.24. The molecular weight excluding hydrogens is 212 g/mol. The molecule has 0 saturated carbocycles. The molecule has 0 radical (unpaired) electrons. The normalized spacial score (nSPS) is 11.9. The highest BCUT2D eigenvalue weighted by Gasteiger charge is 2.16. The quantitative estimate of drug-likeness (QED) is 0.794. The lowest BCUT2D eigenvalue weighted by Crippen LogP contribution is -2.27. The van der Waals surface area contributed by atoms with E-state index >= 15 is 0 Å². The number of nitrogens with zero attached hydrogens (tertiary/aromatic N) is 1. The summed E-state index contributed by atoms with van der Waals surface area (Å²) in [7, 11) is 4.13. The molecule has 0 aliphatic heterocycles. The highest BCUT2D eigenvalue weighted by Crippen LogP contribution is 2.20. The van der Waals surface area contributed by atoms with Crippen molar-refractivity contribution in [2.45, 2.75) is 20.4 Å². The van der Waals surface area contributed by atoms with E-state index in [1.165, 1.54) is 5.56 Å². The van der Waals surface area contributed by atoms with Gasteiger partial charge in [0.05, 0.1) is 0 Å². The van der Waals surface area contributed by atoms with E-state index in [0.717, 1.165) is 18.8 Å². The Morgan fingerprint density at radius 2 is 1.88 bits per heavy atom. The Kier molecular flexibility index (Phi) is 4.97. The maximum atomic E-state index is 9.24. The average molecular weight is 236 g/mol. The molecule has 0 amide bonds. The van der Waals surface area contributed by atoms with Gasteiger partial charge in [0.2, 0.25) is 0 Å². The molecule has 96 valence electrons. The predicted octanol–water partition coefficient (Wildman–Crippen LogP) is 2.18. The molecule has 0 heterocycles. The van der Waals surface area contributed by atoms with Crippen molar-refractivity contribution in [3.8, 4) is 0 Å². The van der Waals surface area contributed by atoms with Gasteiger partial charge in [-0.2, -0.15) is 0 Å². The van der Waals surface area contributed by atoms with Crippen LogP contribution in [0, 0.1) is 5.41 Å². The van der Waals surface area contributed by atoms with Gasteiger partial charge >= 0.3 is 0 Å². The lowest BCUT2D eigenvalue weighted by atomic mass is 9.95. The van der Waals surface area contributed by atoms with E-state index in [4.69, 9.17) is 0 Å². The van der Waals surface area contributed by atoms with Crippen molar-refractivity contribution >= 4 is 5.69 Å². The molecule has 0 spiro atoms. The summed E-state index contributed by atoms with van der Waals surface area (Å²) in [5.74, 6) is 0. The van der Waals surface area contributed by atoms with Crippen molar-refractivity contribution in [1.82, 2.24) is 4.90 Å². The molecule has 0 unspecified atom stereocenters. The Labute approximate surface area is 104 Å². The standard InChI is InChI=1S/C14H24N2O/c1-14(2,11-17)10-15-13-8-6-5-7-12(13)9-16(3)4/h5-8,15,17H,9-11H2,1-4H3. The van der Waals surface area contributed by atoms with Gasteiger partial charge in [-0.3, -0.25) is 0 Å². The van der Waals surface area contributed by atoms with Gasteiger partial charge in [-0.1, -0.05) is 32.0 Å². The van der Waals surface area contributed by atoms with Gasteiger partial charge in [0, 0.05) is 30.8 Å². The molecule has 2 N–H and O–H groups in total. The zero-order chi connectivity index (χ0) is 12.9. The SMILES string of the molecule is CN(C)Cc1ccccc1NCC(C)(C)CO. The van der Waals surface area contributed by atoms with Crippen LogP contribution in [0.15, 0.2) is 24.3 Å². The van der Waals surface area contributed by atoms with Crippen molar-refractivity contribution in [3.05, 3.63) is 29.8 Å². The van der Waals surface area contributed by atoms with Gasteiger partial charge in [0.15, 0.2) is 0 Å². The number of aliphatic hydroxyl groups is 1. The first-order valence-corrected chi connectivity index (χ1v) is 6.02. The third-order valence-electron chi connectivity index (χ3n) is 2.69. The van der Waals surface area contributed by atoms with Crippen molar-refractivity contribution < 1.29 is 5.11 Å².